The van der Waals surface area contributed by atoms with Crippen LogP contribution in [0.2, 0.25) is 0 Å². The van der Waals surface area contributed by atoms with E-state index in [1.165, 1.54) is 6.07 Å². The minimum absolute atomic E-state index is 0.246. The maximum Gasteiger partial charge on any atom is 0.573 e. The van der Waals surface area contributed by atoms with E-state index in [-0.39, 0.29) is 10.2 Å². The highest BCUT2D eigenvalue weighted by Crippen LogP contribution is 2.31. The molecule has 0 saturated heterocycles. The predicted molar refractivity (Wildman–Crippen MR) is 78.2 cm³/mol. The summed E-state index contributed by atoms with van der Waals surface area (Å²) in [4.78, 5) is 5.29. The lowest BCUT2D eigenvalue weighted by Gasteiger charge is -2.11. The van der Waals surface area contributed by atoms with Gasteiger partial charge in [-0.25, -0.2) is 4.98 Å². The van der Waals surface area contributed by atoms with Gasteiger partial charge in [0.05, 0.1) is 15.7 Å². The van der Waals surface area contributed by atoms with Gasteiger partial charge in [0.1, 0.15) is 5.75 Å². The SMILES string of the molecule is Cc1ncsc1CNCc1ccc(OC(F)(F)F)c(Br)c1. The van der Waals surface area contributed by atoms with E-state index in [1.807, 2.05) is 6.92 Å². The summed E-state index contributed by atoms with van der Waals surface area (Å²) in [6.45, 7) is 3.16. The van der Waals surface area contributed by atoms with Gasteiger partial charge in [0.2, 0.25) is 0 Å². The molecule has 0 fully saturated rings. The molecule has 21 heavy (non-hydrogen) atoms. The molecule has 2 rings (SSSR count). The van der Waals surface area contributed by atoms with E-state index in [4.69, 9.17) is 0 Å². The fraction of sp³-hybridized carbons (Fsp3) is 0.308. The first kappa shape index (κ1) is 16.3. The fourth-order valence-electron chi connectivity index (χ4n) is 1.68. The van der Waals surface area contributed by atoms with Gasteiger partial charge in [-0.15, -0.1) is 24.5 Å². The van der Waals surface area contributed by atoms with Gasteiger partial charge < -0.3 is 10.1 Å². The molecule has 1 aromatic heterocycles. The molecule has 0 atom stereocenters. The Labute approximate surface area is 132 Å². The molecule has 0 unspecified atom stereocenters. The highest BCUT2D eigenvalue weighted by atomic mass is 79.9. The summed E-state index contributed by atoms with van der Waals surface area (Å²) in [5.41, 5.74) is 3.63. The van der Waals surface area contributed by atoms with Crippen LogP contribution in [0.25, 0.3) is 0 Å². The number of rotatable bonds is 5. The Morgan fingerprint density at radius 1 is 1.33 bits per heavy atom. The van der Waals surface area contributed by atoms with Gasteiger partial charge in [0, 0.05) is 18.0 Å². The highest BCUT2D eigenvalue weighted by molar-refractivity contribution is 9.10. The van der Waals surface area contributed by atoms with Crippen LogP contribution >= 0.6 is 27.3 Å². The first-order valence-electron chi connectivity index (χ1n) is 5.99. The third kappa shape index (κ3) is 4.98. The summed E-state index contributed by atoms with van der Waals surface area (Å²) >= 11 is 4.65. The van der Waals surface area contributed by atoms with Crippen LogP contribution in [0.4, 0.5) is 13.2 Å². The molecule has 0 aliphatic rings. The zero-order chi connectivity index (χ0) is 15.5. The van der Waals surface area contributed by atoms with Crippen molar-refractivity contribution in [3.05, 3.63) is 44.3 Å². The average Bonchev–Trinajstić information content (AvgIpc) is 2.77. The van der Waals surface area contributed by atoms with Crippen molar-refractivity contribution in [3.8, 4) is 5.75 Å². The van der Waals surface area contributed by atoms with Crippen molar-refractivity contribution in [1.82, 2.24) is 10.3 Å². The van der Waals surface area contributed by atoms with Crippen LogP contribution in [0, 0.1) is 6.92 Å². The molecule has 1 N–H and O–H groups in total. The van der Waals surface area contributed by atoms with Gasteiger partial charge in [-0.05, 0) is 40.5 Å². The van der Waals surface area contributed by atoms with E-state index in [0.717, 1.165) is 16.1 Å². The van der Waals surface area contributed by atoms with Crippen LogP contribution in [0.15, 0.2) is 28.2 Å². The number of alkyl halides is 3. The van der Waals surface area contributed by atoms with Gasteiger partial charge in [0.25, 0.3) is 0 Å². The number of nitrogens with zero attached hydrogens (tertiary/aromatic N) is 1. The van der Waals surface area contributed by atoms with Crippen LogP contribution in [-0.2, 0) is 13.1 Å². The minimum atomic E-state index is -4.69. The fourth-order valence-corrected chi connectivity index (χ4v) is 2.93. The number of benzene rings is 1. The Morgan fingerprint density at radius 3 is 2.67 bits per heavy atom. The molecule has 8 heteroatoms. The van der Waals surface area contributed by atoms with Gasteiger partial charge in [-0.2, -0.15) is 0 Å². The second-order valence-corrected chi connectivity index (χ2v) is 6.07. The lowest BCUT2D eigenvalue weighted by molar-refractivity contribution is -0.274. The van der Waals surface area contributed by atoms with E-state index >= 15 is 0 Å². The minimum Gasteiger partial charge on any atom is -0.405 e. The van der Waals surface area contributed by atoms with Crippen molar-refractivity contribution < 1.29 is 17.9 Å². The Morgan fingerprint density at radius 2 is 2.10 bits per heavy atom. The Hall–Kier alpha value is -1.12. The van der Waals surface area contributed by atoms with Crippen LogP contribution in [0.1, 0.15) is 16.1 Å². The monoisotopic (exact) mass is 380 g/mol. The lowest BCUT2D eigenvalue weighted by Crippen LogP contribution is -2.17. The van der Waals surface area contributed by atoms with Crippen molar-refractivity contribution in [3.63, 3.8) is 0 Å². The Kier molecular flexibility index (Phi) is 5.23. The summed E-state index contributed by atoms with van der Waals surface area (Å²) in [5.74, 6) is -0.246. The van der Waals surface area contributed by atoms with E-state index < -0.39 is 6.36 Å². The Bertz CT molecular complexity index is 616. The predicted octanol–water partition coefficient (Wildman–Crippen LogP) is 4.40. The molecule has 0 spiro atoms. The average molecular weight is 381 g/mol. The van der Waals surface area contributed by atoms with Gasteiger partial charge in [-0.3, -0.25) is 0 Å². The van der Waals surface area contributed by atoms with Crippen LogP contribution in [0.5, 0.6) is 5.75 Å². The zero-order valence-corrected chi connectivity index (χ0v) is 13.4. The molecule has 114 valence electrons. The standard InChI is InChI=1S/C13H12BrF3N2OS/c1-8-12(21-7-19-8)6-18-5-9-2-3-11(10(14)4-9)20-13(15,16)17/h2-4,7,18H,5-6H2,1H3. The van der Waals surface area contributed by atoms with Crippen LogP contribution < -0.4 is 10.1 Å². The smallest absolute Gasteiger partial charge is 0.405 e. The molecule has 0 aliphatic heterocycles. The summed E-state index contributed by atoms with van der Waals surface area (Å²) in [6, 6.07) is 4.50. The van der Waals surface area contributed by atoms with Crippen molar-refractivity contribution in [2.24, 2.45) is 0 Å². The first-order chi connectivity index (χ1) is 9.85. The number of aromatic nitrogens is 1. The van der Waals surface area contributed by atoms with E-state index in [1.54, 1.807) is 29.0 Å². The summed E-state index contributed by atoms with van der Waals surface area (Å²) in [6.07, 6.45) is -4.69. The second-order valence-electron chi connectivity index (χ2n) is 4.28. The summed E-state index contributed by atoms with van der Waals surface area (Å²) in [7, 11) is 0. The molecular formula is C13H12BrF3N2OS. The van der Waals surface area contributed by atoms with Crippen molar-refractivity contribution in [2.75, 3.05) is 0 Å². The summed E-state index contributed by atoms with van der Waals surface area (Å²) < 4.78 is 40.6. The van der Waals surface area contributed by atoms with E-state index in [2.05, 4.69) is 31.0 Å². The lowest BCUT2D eigenvalue weighted by atomic mass is 10.2. The molecule has 3 nitrogen and oxygen atoms in total. The van der Waals surface area contributed by atoms with Crippen molar-refractivity contribution in [2.45, 2.75) is 26.4 Å². The summed E-state index contributed by atoms with van der Waals surface area (Å²) in [5, 5.41) is 3.23. The molecular weight excluding hydrogens is 369 g/mol. The van der Waals surface area contributed by atoms with E-state index in [0.29, 0.717) is 13.1 Å². The van der Waals surface area contributed by atoms with Crippen molar-refractivity contribution >= 4 is 27.3 Å². The molecule has 0 aliphatic carbocycles. The quantitative estimate of drug-likeness (QED) is 0.834. The topological polar surface area (TPSA) is 34.2 Å². The number of aryl methyl sites for hydroxylation is 1. The maximum absolute atomic E-state index is 12.2. The molecule has 0 radical (unpaired) electrons. The van der Waals surface area contributed by atoms with Gasteiger partial charge in [-0.1, -0.05) is 6.07 Å². The highest BCUT2D eigenvalue weighted by Gasteiger charge is 2.31. The van der Waals surface area contributed by atoms with Gasteiger partial charge in [0.15, 0.2) is 0 Å². The van der Waals surface area contributed by atoms with Gasteiger partial charge >= 0.3 is 6.36 Å². The number of halogens is 4. The second kappa shape index (κ2) is 6.76. The third-order valence-corrected chi connectivity index (χ3v) is 4.24. The molecule has 0 amide bonds. The third-order valence-electron chi connectivity index (χ3n) is 2.68. The molecule has 2 aromatic rings. The number of thiazole rings is 1. The van der Waals surface area contributed by atoms with Crippen LogP contribution in [0.3, 0.4) is 0 Å². The molecule has 1 heterocycles. The first-order valence-corrected chi connectivity index (χ1v) is 7.66. The number of hydrogen-bond acceptors (Lipinski definition) is 4. The molecule has 1 aromatic carbocycles. The Balaban J connectivity index is 1.93. The number of hydrogen-bond donors (Lipinski definition) is 1. The molecule has 0 saturated carbocycles. The van der Waals surface area contributed by atoms with Crippen molar-refractivity contribution in [1.29, 1.82) is 0 Å². The zero-order valence-electron chi connectivity index (χ0n) is 11.0. The normalized spacial score (nSPS) is 11.7. The largest absolute Gasteiger partial charge is 0.573 e. The number of ether oxygens (including phenoxy) is 1. The van der Waals surface area contributed by atoms with E-state index in [9.17, 15) is 13.2 Å². The molecule has 0 bridgehead atoms. The number of nitrogens with one attached hydrogen (secondary N) is 1. The van der Waals surface area contributed by atoms with Crippen LogP contribution in [-0.4, -0.2) is 11.3 Å². The maximum atomic E-state index is 12.2.